The molecule has 0 saturated heterocycles. The molecule has 0 amide bonds. The summed E-state index contributed by atoms with van der Waals surface area (Å²) in [5.74, 6) is 1.17. The predicted octanol–water partition coefficient (Wildman–Crippen LogP) is 1.04. The van der Waals surface area contributed by atoms with Crippen molar-refractivity contribution in [2.45, 2.75) is 10.3 Å². The van der Waals surface area contributed by atoms with Crippen molar-refractivity contribution >= 4 is 29.3 Å². The van der Waals surface area contributed by atoms with E-state index >= 15 is 0 Å². The zero-order valence-electron chi connectivity index (χ0n) is 11.2. The van der Waals surface area contributed by atoms with Crippen LogP contribution in [0.25, 0.3) is 0 Å². The molecule has 0 fully saturated rings. The normalized spacial score (nSPS) is 10.9. The summed E-state index contributed by atoms with van der Waals surface area (Å²) in [5, 5.41) is 1.96. The summed E-state index contributed by atoms with van der Waals surface area (Å²) in [6, 6.07) is 0. The summed E-state index contributed by atoms with van der Waals surface area (Å²) < 4.78 is 5.95. The van der Waals surface area contributed by atoms with Gasteiger partial charge in [0.2, 0.25) is 0 Å². The van der Waals surface area contributed by atoms with Crippen molar-refractivity contribution in [2.24, 2.45) is 21.1 Å². The van der Waals surface area contributed by atoms with Gasteiger partial charge in [0.25, 0.3) is 0 Å². The molecule has 0 unspecified atom stereocenters. The van der Waals surface area contributed by atoms with Gasteiger partial charge in [0, 0.05) is 19.4 Å². The van der Waals surface area contributed by atoms with Crippen LogP contribution in [0.2, 0.25) is 0 Å². The summed E-state index contributed by atoms with van der Waals surface area (Å²) in [5.41, 5.74) is 0. The average Bonchev–Trinajstić information content (AvgIpc) is 2.92. The van der Waals surface area contributed by atoms with Gasteiger partial charge in [-0.15, -0.1) is 0 Å². The Morgan fingerprint density at radius 3 is 2.58 bits per heavy atom. The fourth-order valence-corrected chi connectivity index (χ4v) is 3.45. The number of carbonyl (C=O) groups is 1. The molecule has 0 spiro atoms. The van der Waals surface area contributed by atoms with Gasteiger partial charge >= 0.3 is 5.16 Å². The number of rotatable bonds is 6. The quantitative estimate of drug-likeness (QED) is 0.590. The van der Waals surface area contributed by atoms with Crippen LogP contribution in [-0.4, -0.2) is 31.4 Å². The minimum absolute atomic E-state index is 0.221. The second-order valence-corrected chi connectivity index (χ2v) is 6.12. The first-order chi connectivity index (χ1) is 9.08. The van der Waals surface area contributed by atoms with E-state index < -0.39 is 0 Å². The molecule has 102 valence electrons. The van der Waals surface area contributed by atoms with Crippen LogP contribution in [0.5, 0.6) is 0 Å². The maximum absolute atomic E-state index is 11.9. The van der Waals surface area contributed by atoms with E-state index in [0.29, 0.717) is 11.5 Å². The van der Waals surface area contributed by atoms with E-state index in [1.165, 1.54) is 11.8 Å². The molecule has 0 aliphatic rings. The molecular weight excluding hydrogens is 280 g/mol. The molecule has 0 aromatic carbocycles. The lowest BCUT2D eigenvalue weighted by Gasteiger charge is -2.01. The third-order valence-corrected chi connectivity index (χ3v) is 5.04. The highest BCUT2D eigenvalue weighted by Gasteiger charge is 2.14. The number of aryl methyl sites for hydroxylation is 3. The van der Waals surface area contributed by atoms with E-state index in [1.807, 2.05) is 53.4 Å². The monoisotopic (exact) mass is 297 g/mol. The van der Waals surface area contributed by atoms with Gasteiger partial charge < -0.3 is 4.57 Å². The number of aromatic nitrogens is 4. The van der Waals surface area contributed by atoms with Crippen LogP contribution in [0.4, 0.5) is 0 Å². The molecule has 2 heterocycles. The highest BCUT2D eigenvalue weighted by atomic mass is 32.2. The van der Waals surface area contributed by atoms with Gasteiger partial charge in [-0.05, 0) is 11.8 Å². The van der Waals surface area contributed by atoms with Gasteiger partial charge in [0.1, 0.15) is 12.4 Å². The van der Waals surface area contributed by atoms with Crippen LogP contribution in [0.3, 0.4) is 0 Å². The summed E-state index contributed by atoms with van der Waals surface area (Å²) in [4.78, 5) is 16.1. The Balaban J connectivity index is 1.81. The molecular formula is C12H17N4OS2+. The number of Topliss-reactive ketones (excluding diaryl/α,β-unsaturated/α-hetero) is 1. The van der Waals surface area contributed by atoms with E-state index in [2.05, 4.69) is 4.98 Å². The number of carbonyl (C=O) groups excluding carboxylic acids is 1. The molecule has 0 aliphatic heterocycles. The van der Waals surface area contributed by atoms with Crippen LogP contribution in [0.1, 0.15) is 0 Å². The topological polar surface area (TPSA) is 43.7 Å². The van der Waals surface area contributed by atoms with Crippen molar-refractivity contribution in [1.82, 2.24) is 14.1 Å². The Kier molecular flexibility index (Phi) is 4.71. The second kappa shape index (κ2) is 6.29. The van der Waals surface area contributed by atoms with Crippen LogP contribution in [-0.2, 0) is 25.9 Å². The largest absolute Gasteiger partial charge is 0.329 e. The standard InChI is InChI=1S/C12H17N4OS2/c1-14-5-4-13-11(14)18-8-10(17)9-19-12-15(2)6-7-16(12)3/h4-7H,8-9H2,1-3H3/q+1. The van der Waals surface area contributed by atoms with Gasteiger partial charge in [-0.25, -0.2) is 14.1 Å². The van der Waals surface area contributed by atoms with Crippen molar-refractivity contribution < 1.29 is 9.36 Å². The summed E-state index contributed by atoms with van der Waals surface area (Å²) in [6.45, 7) is 0. The molecule has 0 radical (unpaired) electrons. The highest BCUT2D eigenvalue weighted by molar-refractivity contribution is 8.01. The van der Waals surface area contributed by atoms with Gasteiger partial charge in [-0.3, -0.25) is 4.79 Å². The molecule has 2 rings (SSSR count). The first kappa shape index (κ1) is 14.2. The lowest BCUT2D eigenvalue weighted by atomic mass is 10.5. The molecule has 2 aromatic rings. The third-order valence-electron chi connectivity index (χ3n) is 2.62. The molecule has 0 atom stereocenters. The number of nitrogens with zero attached hydrogens (tertiary/aromatic N) is 4. The fourth-order valence-electron chi connectivity index (χ4n) is 1.60. The maximum atomic E-state index is 11.9. The molecule has 0 N–H and O–H groups in total. The lowest BCUT2D eigenvalue weighted by molar-refractivity contribution is -0.709. The second-order valence-electron chi connectivity index (χ2n) is 4.24. The molecule has 0 bridgehead atoms. The Morgan fingerprint density at radius 2 is 2.00 bits per heavy atom. The molecule has 19 heavy (non-hydrogen) atoms. The molecule has 0 saturated carbocycles. The lowest BCUT2D eigenvalue weighted by Crippen LogP contribution is -2.29. The van der Waals surface area contributed by atoms with Gasteiger partial charge in [-0.2, -0.15) is 0 Å². The zero-order chi connectivity index (χ0) is 13.8. The Hall–Kier alpha value is -1.21. The summed E-state index contributed by atoms with van der Waals surface area (Å²) >= 11 is 3.05. The Morgan fingerprint density at radius 1 is 1.26 bits per heavy atom. The summed E-state index contributed by atoms with van der Waals surface area (Å²) in [7, 11) is 5.89. The Bertz CT molecular complexity index is 557. The van der Waals surface area contributed by atoms with E-state index in [4.69, 9.17) is 0 Å². The number of thioether (sulfide) groups is 2. The summed E-state index contributed by atoms with van der Waals surface area (Å²) in [6.07, 6.45) is 7.59. The van der Waals surface area contributed by atoms with Crippen molar-refractivity contribution in [2.75, 3.05) is 11.5 Å². The zero-order valence-corrected chi connectivity index (χ0v) is 12.9. The maximum Gasteiger partial charge on any atom is 0.317 e. The molecule has 5 nitrogen and oxygen atoms in total. The van der Waals surface area contributed by atoms with E-state index in [0.717, 1.165) is 10.3 Å². The average molecular weight is 297 g/mol. The molecule has 2 aromatic heterocycles. The van der Waals surface area contributed by atoms with Crippen molar-refractivity contribution in [1.29, 1.82) is 0 Å². The number of hydrogen-bond acceptors (Lipinski definition) is 4. The van der Waals surface area contributed by atoms with Gasteiger partial charge in [0.05, 0.1) is 25.6 Å². The van der Waals surface area contributed by atoms with Crippen LogP contribution >= 0.6 is 23.5 Å². The first-order valence-electron chi connectivity index (χ1n) is 5.83. The van der Waals surface area contributed by atoms with Crippen molar-refractivity contribution in [3.63, 3.8) is 0 Å². The van der Waals surface area contributed by atoms with Crippen molar-refractivity contribution in [3.8, 4) is 0 Å². The van der Waals surface area contributed by atoms with Gasteiger partial charge in [0.15, 0.2) is 10.9 Å². The fraction of sp³-hybridized carbons (Fsp3) is 0.417. The van der Waals surface area contributed by atoms with Crippen LogP contribution < -0.4 is 4.57 Å². The smallest absolute Gasteiger partial charge is 0.317 e. The number of imidazole rings is 2. The minimum Gasteiger partial charge on any atom is -0.329 e. The number of ketones is 1. The van der Waals surface area contributed by atoms with E-state index in [9.17, 15) is 4.79 Å². The van der Waals surface area contributed by atoms with Crippen LogP contribution in [0, 0.1) is 0 Å². The molecule has 0 aliphatic carbocycles. The Labute approximate surface area is 121 Å². The minimum atomic E-state index is 0.221. The van der Waals surface area contributed by atoms with Crippen LogP contribution in [0.15, 0.2) is 35.1 Å². The third kappa shape index (κ3) is 3.63. The van der Waals surface area contributed by atoms with E-state index in [-0.39, 0.29) is 5.78 Å². The SMILES string of the molecule is Cn1ccnc1SCC(=O)CSc1n(C)cc[n+]1C. The van der Waals surface area contributed by atoms with E-state index in [1.54, 1.807) is 18.0 Å². The number of hydrogen-bond donors (Lipinski definition) is 0. The van der Waals surface area contributed by atoms with Crippen molar-refractivity contribution in [3.05, 3.63) is 24.8 Å². The van der Waals surface area contributed by atoms with Gasteiger partial charge in [-0.1, -0.05) is 11.8 Å². The first-order valence-corrected chi connectivity index (χ1v) is 7.80. The molecule has 7 heteroatoms. The predicted molar refractivity (Wildman–Crippen MR) is 76.3 cm³/mol. The highest BCUT2D eigenvalue weighted by Crippen LogP contribution is 2.17.